The largest absolute Gasteiger partial charge is 0.453 e. The van der Waals surface area contributed by atoms with Crippen LogP contribution in [0.25, 0.3) is 16.9 Å². The predicted octanol–water partition coefficient (Wildman–Crippen LogP) is 1.99. The maximum absolute atomic E-state index is 14.3. The highest BCUT2D eigenvalue weighted by Gasteiger charge is 2.29. The van der Waals surface area contributed by atoms with Gasteiger partial charge in [0.1, 0.15) is 12.2 Å². The monoisotopic (exact) mass is 539 g/mol. The summed E-state index contributed by atoms with van der Waals surface area (Å²) in [7, 11) is 1.31. The van der Waals surface area contributed by atoms with Crippen molar-refractivity contribution in [1.29, 1.82) is 5.26 Å². The second-order valence-corrected chi connectivity index (χ2v) is 9.63. The van der Waals surface area contributed by atoms with Gasteiger partial charge in [0.05, 0.1) is 78.4 Å². The van der Waals surface area contributed by atoms with Gasteiger partial charge in [-0.25, -0.2) is 13.7 Å². The van der Waals surface area contributed by atoms with Crippen molar-refractivity contribution >= 4 is 23.2 Å². The molecule has 3 N–H and O–H groups in total. The number of halogens is 1. The van der Waals surface area contributed by atoms with Crippen molar-refractivity contribution in [2.75, 3.05) is 45.3 Å². The number of pyridine rings is 1. The molecule has 3 aromatic rings. The average Bonchev–Trinajstić information content (AvgIpc) is 3.36. The molecular formula is C26H30FN7O5. The lowest BCUT2D eigenvalue weighted by atomic mass is 10.0. The second kappa shape index (κ2) is 11.6. The Balaban J connectivity index is 1.64. The van der Waals surface area contributed by atoms with Crippen molar-refractivity contribution in [1.82, 2.24) is 24.8 Å². The van der Waals surface area contributed by atoms with Gasteiger partial charge in [0, 0.05) is 19.3 Å². The van der Waals surface area contributed by atoms with E-state index in [0.717, 1.165) is 0 Å². The number of methoxy groups -OCH3 is 1. The molecule has 1 unspecified atom stereocenters. The number of morpholine rings is 1. The van der Waals surface area contributed by atoms with Crippen molar-refractivity contribution in [2.45, 2.75) is 31.7 Å². The smallest absolute Gasteiger partial charge is 0.409 e. The summed E-state index contributed by atoms with van der Waals surface area (Å²) in [6.07, 6.45) is 0.636. The number of aliphatic hydroxyl groups is 1. The molecule has 4 rings (SSSR count). The molecule has 0 saturated carbocycles. The number of ether oxygens (including phenoxy) is 2. The van der Waals surface area contributed by atoms with E-state index in [0.29, 0.717) is 41.3 Å². The molecule has 0 aliphatic carbocycles. The van der Waals surface area contributed by atoms with Crippen LogP contribution in [0.3, 0.4) is 0 Å². The number of hydrogen-bond acceptors (Lipinski definition) is 9. The summed E-state index contributed by atoms with van der Waals surface area (Å²) >= 11 is 0. The van der Waals surface area contributed by atoms with Crippen LogP contribution in [0.4, 0.5) is 14.9 Å². The molecule has 1 fully saturated rings. The Hall–Kier alpha value is -4.28. The lowest BCUT2D eigenvalue weighted by Gasteiger charge is -2.34. The first-order valence-corrected chi connectivity index (χ1v) is 12.3. The molecule has 1 aliphatic heterocycles. The van der Waals surface area contributed by atoms with Crippen LogP contribution in [0.5, 0.6) is 0 Å². The van der Waals surface area contributed by atoms with E-state index in [4.69, 9.17) is 14.7 Å². The highest BCUT2D eigenvalue weighted by molar-refractivity contribution is 6.00. The Morgan fingerprint density at radius 1 is 1.36 bits per heavy atom. The molecule has 12 nitrogen and oxygen atoms in total. The Morgan fingerprint density at radius 2 is 2.15 bits per heavy atom. The number of anilines is 1. The summed E-state index contributed by atoms with van der Waals surface area (Å²) < 4.78 is 26.3. The SMILES string of the molecule is COC(=O)N1CCOC[C@@H]1CNc1cc(-c2ccc3cc(C#N)cnn23)ncc1C(=O)NCC(F)C(C)(C)O. The summed E-state index contributed by atoms with van der Waals surface area (Å²) in [5.74, 6) is -0.593. The molecule has 13 heteroatoms. The van der Waals surface area contributed by atoms with Crippen molar-refractivity contribution in [3.8, 4) is 17.5 Å². The van der Waals surface area contributed by atoms with Crippen LogP contribution >= 0.6 is 0 Å². The molecule has 1 saturated heterocycles. The Kier molecular flexibility index (Phi) is 8.27. The standard InChI is InChI=1S/C26H30FN7O5/c1-26(2,37)23(27)14-31-24(35)19-13-30-21(22-5-4-17-8-16(10-28)11-32-34(17)22)9-20(19)29-12-18-15-39-7-6-33(18)25(36)38-3/h4-5,8-9,11,13,18,23,37H,6-7,12,14-15H2,1-3H3,(H,29,30)(H,31,35)/t18-,23?/m0/s1. The molecule has 0 radical (unpaired) electrons. The summed E-state index contributed by atoms with van der Waals surface area (Å²) in [6.45, 7) is 3.48. The molecule has 2 amide bonds. The number of amides is 2. The van der Waals surface area contributed by atoms with Crippen LogP contribution < -0.4 is 10.6 Å². The zero-order valence-electron chi connectivity index (χ0n) is 21.8. The van der Waals surface area contributed by atoms with E-state index in [2.05, 4.69) is 26.8 Å². The van der Waals surface area contributed by atoms with E-state index in [-0.39, 0.29) is 24.8 Å². The third-order valence-corrected chi connectivity index (χ3v) is 6.41. The summed E-state index contributed by atoms with van der Waals surface area (Å²) in [5, 5.41) is 29.1. The minimum Gasteiger partial charge on any atom is -0.453 e. The zero-order valence-corrected chi connectivity index (χ0v) is 21.8. The minimum atomic E-state index is -1.69. The fourth-order valence-electron chi connectivity index (χ4n) is 4.11. The molecule has 0 aromatic carbocycles. The fraction of sp³-hybridized carbons (Fsp3) is 0.423. The lowest BCUT2D eigenvalue weighted by molar-refractivity contribution is -0.00181. The second-order valence-electron chi connectivity index (χ2n) is 9.63. The molecular weight excluding hydrogens is 509 g/mol. The van der Waals surface area contributed by atoms with Crippen molar-refractivity contribution in [2.24, 2.45) is 0 Å². The molecule has 39 heavy (non-hydrogen) atoms. The first-order valence-electron chi connectivity index (χ1n) is 12.3. The molecule has 0 spiro atoms. The van der Waals surface area contributed by atoms with Crippen LogP contribution in [-0.4, -0.2) is 94.4 Å². The predicted molar refractivity (Wildman–Crippen MR) is 139 cm³/mol. The van der Waals surface area contributed by atoms with E-state index in [1.807, 2.05) is 0 Å². The fourth-order valence-corrected chi connectivity index (χ4v) is 4.11. The number of rotatable bonds is 8. The van der Waals surface area contributed by atoms with Gasteiger partial charge in [0.15, 0.2) is 0 Å². The van der Waals surface area contributed by atoms with E-state index < -0.39 is 30.3 Å². The number of carbonyl (C=O) groups is 2. The quantitative estimate of drug-likeness (QED) is 0.390. The third-order valence-electron chi connectivity index (χ3n) is 6.41. The number of hydrogen-bond donors (Lipinski definition) is 3. The molecule has 2 atom stereocenters. The normalized spacial score (nSPS) is 16.4. The first kappa shape index (κ1) is 27.7. The van der Waals surface area contributed by atoms with Gasteiger partial charge in [0.25, 0.3) is 5.91 Å². The van der Waals surface area contributed by atoms with Gasteiger partial charge in [-0.15, -0.1) is 0 Å². The highest BCUT2D eigenvalue weighted by atomic mass is 19.1. The van der Waals surface area contributed by atoms with Gasteiger partial charge in [-0.1, -0.05) is 0 Å². The number of nitriles is 1. The van der Waals surface area contributed by atoms with Crippen LogP contribution in [-0.2, 0) is 9.47 Å². The topological polar surface area (TPSA) is 154 Å². The number of nitrogens with one attached hydrogen (secondary N) is 2. The summed E-state index contributed by atoms with van der Waals surface area (Å²) in [5.41, 5.74) is 1.11. The van der Waals surface area contributed by atoms with E-state index >= 15 is 0 Å². The third kappa shape index (κ3) is 6.24. The molecule has 4 heterocycles. The molecule has 3 aromatic heterocycles. The van der Waals surface area contributed by atoms with Crippen LogP contribution in [0, 0.1) is 11.3 Å². The number of aromatic nitrogens is 3. The summed E-state index contributed by atoms with van der Waals surface area (Å²) in [6, 6.07) is 8.62. The summed E-state index contributed by atoms with van der Waals surface area (Å²) in [4.78, 5) is 31.3. The van der Waals surface area contributed by atoms with Crippen molar-refractivity contribution in [3.63, 3.8) is 0 Å². The van der Waals surface area contributed by atoms with Crippen molar-refractivity contribution in [3.05, 3.63) is 47.8 Å². The first-order chi connectivity index (χ1) is 18.6. The van der Waals surface area contributed by atoms with E-state index in [9.17, 15) is 19.1 Å². The maximum atomic E-state index is 14.3. The Bertz CT molecular complexity index is 1400. The minimum absolute atomic E-state index is 0.142. The van der Waals surface area contributed by atoms with Gasteiger partial charge < -0.3 is 25.2 Å². The number of fused-ring (bicyclic) bond motifs is 1. The number of carbonyl (C=O) groups excluding carboxylic acids is 2. The zero-order chi connectivity index (χ0) is 28.2. The highest BCUT2D eigenvalue weighted by Crippen LogP contribution is 2.26. The lowest BCUT2D eigenvalue weighted by Crippen LogP contribution is -2.51. The number of alkyl halides is 1. The van der Waals surface area contributed by atoms with E-state index in [1.165, 1.54) is 33.4 Å². The molecule has 0 bridgehead atoms. The van der Waals surface area contributed by atoms with Gasteiger partial charge in [-0.3, -0.25) is 14.7 Å². The van der Waals surface area contributed by atoms with Crippen LogP contribution in [0.15, 0.2) is 36.7 Å². The Labute approximate surface area is 224 Å². The van der Waals surface area contributed by atoms with Crippen LogP contribution in [0.2, 0.25) is 0 Å². The Morgan fingerprint density at radius 3 is 2.87 bits per heavy atom. The molecule has 1 aliphatic rings. The van der Waals surface area contributed by atoms with Gasteiger partial charge in [-0.2, -0.15) is 10.4 Å². The van der Waals surface area contributed by atoms with E-state index in [1.54, 1.807) is 33.7 Å². The van der Waals surface area contributed by atoms with Crippen LogP contribution in [0.1, 0.15) is 29.8 Å². The van der Waals surface area contributed by atoms with Crippen molar-refractivity contribution < 1.29 is 28.6 Å². The van der Waals surface area contributed by atoms with Gasteiger partial charge in [0.2, 0.25) is 0 Å². The average molecular weight is 540 g/mol. The number of nitrogens with zero attached hydrogens (tertiary/aromatic N) is 5. The maximum Gasteiger partial charge on any atom is 0.409 e. The van der Waals surface area contributed by atoms with Gasteiger partial charge >= 0.3 is 6.09 Å². The molecule has 206 valence electrons. The van der Waals surface area contributed by atoms with Gasteiger partial charge in [-0.05, 0) is 38.1 Å².